The standard InChI is InChI=1S/C17H19Br2N/c1-3-12(2)14-5-7-15(8-6-14)20-11-13-4-9-16(18)17(19)10-13/h4-10,12,20H,3,11H2,1-2H3. The smallest absolute Gasteiger partial charge is 0.0401 e. The van der Waals surface area contributed by atoms with Gasteiger partial charge in [0.15, 0.2) is 0 Å². The number of rotatable bonds is 5. The zero-order chi connectivity index (χ0) is 14.5. The molecule has 1 N–H and O–H groups in total. The highest BCUT2D eigenvalue weighted by Gasteiger charge is 2.03. The van der Waals surface area contributed by atoms with Gasteiger partial charge in [0, 0.05) is 21.2 Å². The molecule has 0 aliphatic heterocycles. The van der Waals surface area contributed by atoms with E-state index in [0.717, 1.165) is 21.2 Å². The highest BCUT2D eigenvalue weighted by atomic mass is 79.9. The number of hydrogen-bond donors (Lipinski definition) is 1. The van der Waals surface area contributed by atoms with Crippen molar-refractivity contribution >= 4 is 37.5 Å². The lowest BCUT2D eigenvalue weighted by atomic mass is 9.99. The van der Waals surface area contributed by atoms with Crippen LogP contribution in [0.15, 0.2) is 51.4 Å². The lowest BCUT2D eigenvalue weighted by Gasteiger charge is -2.11. The summed E-state index contributed by atoms with van der Waals surface area (Å²) in [5.41, 5.74) is 3.83. The van der Waals surface area contributed by atoms with E-state index in [0.29, 0.717) is 5.92 Å². The molecule has 1 atom stereocenters. The number of hydrogen-bond acceptors (Lipinski definition) is 1. The van der Waals surface area contributed by atoms with E-state index in [4.69, 9.17) is 0 Å². The number of halogens is 2. The summed E-state index contributed by atoms with van der Waals surface area (Å²) < 4.78 is 2.17. The first kappa shape index (κ1) is 15.6. The maximum absolute atomic E-state index is 3.53. The van der Waals surface area contributed by atoms with Crippen LogP contribution in [0.4, 0.5) is 5.69 Å². The molecule has 0 spiro atoms. The van der Waals surface area contributed by atoms with Crippen molar-refractivity contribution in [2.75, 3.05) is 5.32 Å². The number of nitrogens with one attached hydrogen (secondary N) is 1. The first-order valence-corrected chi connectivity index (χ1v) is 8.46. The van der Waals surface area contributed by atoms with Crippen molar-refractivity contribution in [1.82, 2.24) is 0 Å². The molecule has 3 heteroatoms. The Morgan fingerprint density at radius 3 is 2.30 bits per heavy atom. The first-order chi connectivity index (χ1) is 9.60. The van der Waals surface area contributed by atoms with Gasteiger partial charge in [-0.3, -0.25) is 0 Å². The lowest BCUT2D eigenvalue weighted by Crippen LogP contribution is -2.00. The van der Waals surface area contributed by atoms with Crippen LogP contribution in [0.3, 0.4) is 0 Å². The summed E-state index contributed by atoms with van der Waals surface area (Å²) in [5, 5.41) is 3.46. The van der Waals surface area contributed by atoms with Crippen molar-refractivity contribution in [3.05, 3.63) is 62.5 Å². The molecule has 0 bridgehead atoms. The van der Waals surface area contributed by atoms with Crippen LogP contribution in [0.2, 0.25) is 0 Å². The van der Waals surface area contributed by atoms with Crippen molar-refractivity contribution in [3.8, 4) is 0 Å². The van der Waals surface area contributed by atoms with Gasteiger partial charge in [-0.1, -0.05) is 32.0 Å². The van der Waals surface area contributed by atoms with Gasteiger partial charge in [0.2, 0.25) is 0 Å². The summed E-state index contributed by atoms with van der Waals surface area (Å²) in [4.78, 5) is 0. The predicted molar refractivity (Wildman–Crippen MR) is 94.3 cm³/mol. The Labute approximate surface area is 138 Å². The molecular formula is C17H19Br2N. The average molecular weight is 397 g/mol. The molecule has 106 valence electrons. The summed E-state index contributed by atoms with van der Waals surface area (Å²) in [5.74, 6) is 0.631. The van der Waals surface area contributed by atoms with Crippen molar-refractivity contribution in [1.29, 1.82) is 0 Å². The fraction of sp³-hybridized carbons (Fsp3) is 0.294. The van der Waals surface area contributed by atoms with E-state index in [9.17, 15) is 0 Å². The van der Waals surface area contributed by atoms with Crippen LogP contribution in [-0.2, 0) is 6.54 Å². The lowest BCUT2D eigenvalue weighted by molar-refractivity contribution is 0.734. The van der Waals surface area contributed by atoms with E-state index in [2.05, 4.69) is 93.5 Å². The SMILES string of the molecule is CCC(C)c1ccc(NCc2ccc(Br)c(Br)c2)cc1. The normalized spacial score (nSPS) is 12.2. The topological polar surface area (TPSA) is 12.0 Å². The van der Waals surface area contributed by atoms with Gasteiger partial charge in [-0.15, -0.1) is 0 Å². The third-order valence-electron chi connectivity index (χ3n) is 3.57. The Balaban J connectivity index is 1.98. The molecule has 20 heavy (non-hydrogen) atoms. The van der Waals surface area contributed by atoms with E-state index in [-0.39, 0.29) is 0 Å². The second kappa shape index (κ2) is 7.28. The molecule has 0 aliphatic carbocycles. The molecule has 2 aromatic rings. The molecule has 1 nitrogen and oxygen atoms in total. The minimum Gasteiger partial charge on any atom is -0.381 e. The zero-order valence-corrected chi connectivity index (χ0v) is 15.0. The van der Waals surface area contributed by atoms with Crippen LogP contribution in [-0.4, -0.2) is 0 Å². The molecule has 0 heterocycles. The van der Waals surface area contributed by atoms with E-state index >= 15 is 0 Å². The highest BCUT2D eigenvalue weighted by Crippen LogP contribution is 2.24. The van der Waals surface area contributed by atoms with E-state index in [1.165, 1.54) is 17.5 Å². The number of anilines is 1. The van der Waals surface area contributed by atoms with E-state index < -0.39 is 0 Å². The van der Waals surface area contributed by atoms with Gasteiger partial charge in [0.1, 0.15) is 0 Å². The van der Waals surface area contributed by atoms with E-state index in [1.54, 1.807) is 0 Å². The van der Waals surface area contributed by atoms with Crippen LogP contribution >= 0.6 is 31.9 Å². The molecule has 0 saturated heterocycles. The van der Waals surface area contributed by atoms with Crippen LogP contribution in [0.5, 0.6) is 0 Å². The van der Waals surface area contributed by atoms with Crippen molar-refractivity contribution in [3.63, 3.8) is 0 Å². The number of benzene rings is 2. The Morgan fingerprint density at radius 2 is 1.70 bits per heavy atom. The molecule has 0 radical (unpaired) electrons. The van der Waals surface area contributed by atoms with Gasteiger partial charge < -0.3 is 5.32 Å². The Morgan fingerprint density at radius 1 is 1.00 bits per heavy atom. The molecule has 2 rings (SSSR count). The van der Waals surface area contributed by atoms with Gasteiger partial charge in [0.05, 0.1) is 0 Å². The fourth-order valence-electron chi connectivity index (χ4n) is 2.02. The molecular weight excluding hydrogens is 378 g/mol. The molecule has 0 aliphatic rings. The Kier molecular flexibility index (Phi) is 5.67. The van der Waals surface area contributed by atoms with Gasteiger partial charge in [-0.2, -0.15) is 0 Å². The van der Waals surface area contributed by atoms with Gasteiger partial charge in [-0.05, 0) is 79.6 Å². The summed E-state index contributed by atoms with van der Waals surface area (Å²) in [6.07, 6.45) is 1.18. The third-order valence-corrected chi connectivity index (χ3v) is 5.45. The summed E-state index contributed by atoms with van der Waals surface area (Å²) in [7, 11) is 0. The van der Waals surface area contributed by atoms with Gasteiger partial charge >= 0.3 is 0 Å². The molecule has 2 aromatic carbocycles. The van der Waals surface area contributed by atoms with Gasteiger partial charge in [0.25, 0.3) is 0 Å². The molecule has 0 aromatic heterocycles. The fourth-order valence-corrected chi connectivity index (χ4v) is 2.69. The van der Waals surface area contributed by atoms with E-state index in [1.807, 2.05) is 0 Å². The van der Waals surface area contributed by atoms with Crippen LogP contribution < -0.4 is 5.32 Å². The van der Waals surface area contributed by atoms with Crippen LogP contribution in [0, 0.1) is 0 Å². The highest BCUT2D eigenvalue weighted by molar-refractivity contribution is 9.13. The minimum atomic E-state index is 0.631. The summed E-state index contributed by atoms with van der Waals surface area (Å²) in [6.45, 7) is 5.32. The largest absolute Gasteiger partial charge is 0.381 e. The minimum absolute atomic E-state index is 0.631. The third kappa shape index (κ3) is 4.10. The Hall–Kier alpha value is -0.800. The monoisotopic (exact) mass is 395 g/mol. The molecule has 0 saturated carbocycles. The van der Waals surface area contributed by atoms with Crippen molar-refractivity contribution < 1.29 is 0 Å². The predicted octanol–water partition coefficient (Wildman–Crippen LogP) is 6.34. The van der Waals surface area contributed by atoms with Crippen LogP contribution in [0.1, 0.15) is 37.3 Å². The second-order valence-electron chi connectivity index (χ2n) is 5.03. The quantitative estimate of drug-likeness (QED) is 0.621. The van der Waals surface area contributed by atoms with Crippen LogP contribution in [0.25, 0.3) is 0 Å². The van der Waals surface area contributed by atoms with Crippen molar-refractivity contribution in [2.45, 2.75) is 32.7 Å². The maximum atomic E-state index is 3.53. The Bertz CT molecular complexity index is 564. The summed E-state index contributed by atoms with van der Waals surface area (Å²) >= 11 is 7.02. The molecule has 1 unspecified atom stereocenters. The first-order valence-electron chi connectivity index (χ1n) is 6.88. The summed E-state index contributed by atoms with van der Waals surface area (Å²) in [6, 6.07) is 15.1. The van der Waals surface area contributed by atoms with Gasteiger partial charge in [-0.25, -0.2) is 0 Å². The molecule has 0 amide bonds. The van der Waals surface area contributed by atoms with Crippen molar-refractivity contribution in [2.24, 2.45) is 0 Å². The molecule has 0 fully saturated rings. The second-order valence-corrected chi connectivity index (χ2v) is 6.74. The maximum Gasteiger partial charge on any atom is 0.0401 e. The zero-order valence-electron chi connectivity index (χ0n) is 11.8. The average Bonchev–Trinajstić information content (AvgIpc) is 2.48.